The van der Waals surface area contributed by atoms with E-state index in [1.54, 1.807) is 13.8 Å². The van der Waals surface area contributed by atoms with Crippen molar-refractivity contribution in [1.29, 1.82) is 0 Å². The smallest absolute Gasteiger partial charge is 0.305 e. The fraction of sp³-hybridized carbons (Fsp3) is 0.889. The first-order valence-corrected chi connectivity index (χ1v) is 4.45. The Balaban J connectivity index is 3.22. The van der Waals surface area contributed by atoms with E-state index in [-0.39, 0.29) is 5.97 Å². The predicted molar refractivity (Wildman–Crippen MR) is 50.4 cm³/mol. The van der Waals surface area contributed by atoms with E-state index < -0.39 is 5.60 Å². The summed E-state index contributed by atoms with van der Waals surface area (Å²) < 4.78 is 4.48. The van der Waals surface area contributed by atoms with Gasteiger partial charge in [-0.3, -0.25) is 4.79 Å². The van der Waals surface area contributed by atoms with E-state index >= 15 is 0 Å². The third kappa shape index (κ3) is 9.30. The Morgan fingerprint density at radius 1 is 1.54 bits per heavy atom. The molecule has 0 aliphatic rings. The number of hydrogen-bond donors (Lipinski definition) is 2. The van der Waals surface area contributed by atoms with Crippen LogP contribution in [0.5, 0.6) is 0 Å². The van der Waals surface area contributed by atoms with Crippen LogP contribution in [0.4, 0.5) is 0 Å². The first-order valence-electron chi connectivity index (χ1n) is 4.45. The summed E-state index contributed by atoms with van der Waals surface area (Å²) >= 11 is 0. The van der Waals surface area contributed by atoms with Crippen molar-refractivity contribution in [3.63, 3.8) is 0 Å². The Morgan fingerprint density at radius 3 is 2.62 bits per heavy atom. The van der Waals surface area contributed by atoms with Gasteiger partial charge in [0.2, 0.25) is 0 Å². The summed E-state index contributed by atoms with van der Waals surface area (Å²) in [4.78, 5) is 10.7. The molecule has 0 atom stereocenters. The minimum absolute atomic E-state index is 0.190. The van der Waals surface area contributed by atoms with Crippen molar-refractivity contribution < 1.29 is 14.6 Å². The van der Waals surface area contributed by atoms with Crippen LogP contribution in [0, 0.1) is 0 Å². The molecule has 0 radical (unpaired) electrons. The van der Waals surface area contributed by atoms with E-state index in [4.69, 9.17) is 0 Å². The Bertz CT molecular complexity index is 151. The van der Waals surface area contributed by atoms with Crippen LogP contribution in [0.2, 0.25) is 0 Å². The third-order valence-electron chi connectivity index (χ3n) is 1.52. The molecule has 13 heavy (non-hydrogen) atoms. The van der Waals surface area contributed by atoms with Gasteiger partial charge in [-0.15, -0.1) is 0 Å². The van der Waals surface area contributed by atoms with Crippen LogP contribution in [0.25, 0.3) is 0 Å². The van der Waals surface area contributed by atoms with Crippen LogP contribution < -0.4 is 5.32 Å². The highest BCUT2D eigenvalue weighted by Crippen LogP contribution is 1.97. The van der Waals surface area contributed by atoms with Crippen LogP contribution in [0.3, 0.4) is 0 Å². The number of aliphatic hydroxyl groups is 1. The molecule has 0 heterocycles. The molecule has 0 aromatic carbocycles. The first-order chi connectivity index (χ1) is 5.95. The molecule has 0 saturated carbocycles. The van der Waals surface area contributed by atoms with Gasteiger partial charge in [-0.25, -0.2) is 0 Å². The van der Waals surface area contributed by atoms with E-state index in [1.165, 1.54) is 7.11 Å². The van der Waals surface area contributed by atoms with E-state index in [0.29, 0.717) is 13.0 Å². The van der Waals surface area contributed by atoms with E-state index in [9.17, 15) is 9.90 Å². The Hall–Kier alpha value is -0.610. The molecule has 0 fully saturated rings. The average Bonchev–Trinajstić information content (AvgIpc) is 2.01. The van der Waals surface area contributed by atoms with Gasteiger partial charge in [-0.2, -0.15) is 0 Å². The normalized spacial score (nSPS) is 11.4. The number of rotatable bonds is 6. The highest BCUT2D eigenvalue weighted by atomic mass is 16.5. The van der Waals surface area contributed by atoms with Gasteiger partial charge < -0.3 is 15.2 Å². The van der Waals surface area contributed by atoms with Gasteiger partial charge in [0.25, 0.3) is 0 Å². The lowest BCUT2D eigenvalue weighted by molar-refractivity contribution is -0.140. The minimum Gasteiger partial charge on any atom is -0.469 e. The zero-order valence-electron chi connectivity index (χ0n) is 8.59. The van der Waals surface area contributed by atoms with Crippen LogP contribution in [-0.4, -0.2) is 36.9 Å². The minimum atomic E-state index is -0.689. The fourth-order valence-corrected chi connectivity index (χ4v) is 0.854. The summed E-state index contributed by atoms with van der Waals surface area (Å²) in [5.41, 5.74) is -0.689. The molecular weight excluding hydrogens is 170 g/mol. The van der Waals surface area contributed by atoms with Gasteiger partial charge in [0, 0.05) is 13.0 Å². The molecule has 4 nitrogen and oxygen atoms in total. The van der Waals surface area contributed by atoms with Crippen molar-refractivity contribution in [2.75, 3.05) is 20.2 Å². The van der Waals surface area contributed by atoms with Crippen molar-refractivity contribution in [2.24, 2.45) is 0 Å². The fourth-order valence-electron chi connectivity index (χ4n) is 0.854. The molecule has 2 N–H and O–H groups in total. The number of carbonyl (C=O) groups excluding carboxylic acids is 1. The number of hydrogen-bond acceptors (Lipinski definition) is 4. The number of esters is 1. The van der Waals surface area contributed by atoms with Gasteiger partial charge in [-0.1, -0.05) is 0 Å². The first kappa shape index (κ1) is 12.4. The monoisotopic (exact) mass is 189 g/mol. The molecule has 0 aromatic heterocycles. The van der Waals surface area contributed by atoms with Crippen LogP contribution in [0.1, 0.15) is 26.7 Å². The Labute approximate surface area is 79.3 Å². The summed E-state index contributed by atoms with van der Waals surface area (Å²) in [6.07, 6.45) is 1.16. The highest BCUT2D eigenvalue weighted by molar-refractivity contribution is 5.68. The largest absolute Gasteiger partial charge is 0.469 e. The quantitative estimate of drug-likeness (QED) is 0.466. The van der Waals surface area contributed by atoms with Crippen molar-refractivity contribution in [3.8, 4) is 0 Å². The van der Waals surface area contributed by atoms with Gasteiger partial charge in [0.15, 0.2) is 0 Å². The molecule has 0 aliphatic carbocycles. The third-order valence-corrected chi connectivity index (χ3v) is 1.52. The predicted octanol–water partition coefficient (Wildman–Crippen LogP) is 0.300. The number of carbonyl (C=O) groups is 1. The SMILES string of the molecule is COC(=O)CCCNCC(C)(C)O. The molecule has 78 valence electrons. The summed E-state index contributed by atoms with van der Waals surface area (Å²) in [7, 11) is 1.38. The molecule has 0 aliphatic heterocycles. The maximum atomic E-state index is 10.7. The summed E-state index contributed by atoms with van der Waals surface area (Å²) in [6.45, 7) is 4.73. The average molecular weight is 189 g/mol. The second-order valence-corrected chi connectivity index (χ2v) is 3.67. The number of methoxy groups -OCH3 is 1. The molecule has 0 spiro atoms. The van der Waals surface area contributed by atoms with E-state index in [0.717, 1.165) is 13.0 Å². The molecule has 0 saturated heterocycles. The second kappa shape index (κ2) is 5.94. The molecule has 4 heteroatoms. The molecule has 0 bridgehead atoms. The van der Waals surface area contributed by atoms with Gasteiger partial charge in [0.1, 0.15) is 0 Å². The summed E-state index contributed by atoms with van der Waals surface area (Å²) in [5, 5.41) is 12.4. The molecular formula is C9H19NO3. The van der Waals surface area contributed by atoms with Crippen molar-refractivity contribution >= 4 is 5.97 Å². The topological polar surface area (TPSA) is 58.6 Å². The van der Waals surface area contributed by atoms with Crippen LogP contribution >= 0.6 is 0 Å². The summed E-state index contributed by atoms with van der Waals surface area (Å²) in [5.74, 6) is -0.190. The zero-order chi connectivity index (χ0) is 10.3. The highest BCUT2D eigenvalue weighted by Gasteiger charge is 2.10. The Kier molecular flexibility index (Phi) is 5.66. The van der Waals surface area contributed by atoms with Crippen molar-refractivity contribution in [1.82, 2.24) is 5.32 Å². The van der Waals surface area contributed by atoms with Crippen LogP contribution in [-0.2, 0) is 9.53 Å². The molecule has 0 unspecified atom stereocenters. The lowest BCUT2D eigenvalue weighted by atomic mass is 10.1. The van der Waals surface area contributed by atoms with E-state index in [1.807, 2.05) is 0 Å². The lowest BCUT2D eigenvalue weighted by Crippen LogP contribution is -2.35. The maximum Gasteiger partial charge on any atom is 0.305 e. The molecule has 0 aromatic rings. The van der Waals surface area contributed by atoms with Gasteiger partial charge in [0.05, 0.1) is 12.7 Å². The molecule has 0 amide bonds. The van der Waals surface area contributed by atoms with E-state index in [2.05, 4.69) is 10.1 Å². The molecule has 0 rings (SSSR count). The number of ether oxygens (including phenoxy) is 1. The zero-order valence-corrected chi connectivity index (χ0v) is 8.59. The Morgan fingerprint density at radius 2 is 2.15 bits per heavy atom. The van der Waals surface area contributed by atoms with Crippen molar-refractivity contribution in [2.45, 2.75) is 32.3 Å². The maximum absolute atomic E-state index is 10.7. The standard InChI is InChI=1S/C9H19NO3/c1-9(2,12)7-10-6-4-5-8(11)13-3/h10,12H,4-7H2,1-3H3. The second-order valence-electron chi connectivity index (χ2n) is 3.67. The van der Waals surface area contributed by atoms with Crippen molar-refractivity contribution in [3.05, 3.63) is 0 Å². The lowest BCUT2D eigenvalue weighted by Gasteiger charge is -2.17. The van der Waals surface area contributed by atoms with Gasteiger partial charge in [-0.05, 0) is 26.8 Å². The van der Waals surface area contributed by atoms with Gasteiger partial charge >= 0.3 is 5.97 Å². The number of nitrogens with one attached hydrogen (secondary N) is 1. The van der Waals surface area contributed by atoms with Crippen LogP contribution in [0.15, 0.2) is 0 Å². The summed E-state index contributed by atoms with van der Waals surface area (Å²) in [6, 6.07) is 0.